The zero-order chi connectivity index (χ0) is 17.6. The Bertz CT molecular complexity index is 591. The van der Waals surface area contributed by atoms with Crippen molar-refractivity contribution in [3.63, 3.8) is 0 Å². The van der Waals surface area contributed by atoms with Crippen molar-refractivity contribution in [2.75, 3.05) is 0 Å². The predicted octanol–water partition coefficient (Wildman–Crippen LogP) is 4.54. The molecule has 3 heteroatoms. The molecule has 0 heterocycles. The second kappa shape index (κ2) is 5.30. The van der Waals surface area contributed by atoms with E-state index in [1.54, 1.807) is 0 Å². The van der Waals surface area contributed by atoms with Crippen LogP contribution in [0.25, 0.3) is 0 Å². The quantitative estimate of drug-likeness (QED) is 0.795. The van der Waals surface area contributed by atoms with E-state index in [2.05, 4.69) is 6.92 Å². The number of carbonyl (C=O) groups is 1. The first-order chi connectivity index (χ1) is 11.9. The monoisotopic (exact) mass is 348 g/mol. The van der Waals surface area contributed by atoms with Gasteiger partial charge in [-0.05, 0) is 86.4 Å². The molecule has 5 aliphatic carbocycles. The van der Waals surface area contributed by atoms with Gasteiger partial charge >= 0.3 is 0 Å². The molecule has 0 aromatic rings. The Morgan fingerprint density at radius 1 is 1.00 bits per heavy atom. The number of ketones is 1. The van der Waals surface area contributed by atoms with E-state index in [0.717, 1.165) is 31.1 Å². The van der Waals surface area contributed by atoms with Gasteiger partial charge in [-0.1, -0.05) is 13.8 Å². The highest BCUT2D eigenvalue weighted by Crippen LogP contribution is 2.69. The molecule has 10 atom stereocenters. The fourth-order valence-electron chi connectivity index (χ4n) is 8.53. The van der Waals surface area contributed by atoms with Crippen molar-refractivity contribution < 1.29 is 14.3 Å². The lowest BCUT2D eigenvalue weighted by atomic mass is 9.49. The third kappa shape index (κ3) is 2.02. The summed E-state index contributed by atoms with van der Waals surface area (Å²) >= 11 is 0. The van der Waals surface area contributed by atoms with Crippen molar-refractivity contribution in [3.05, 3.63) is 0 Å². The minimum absolute atomic E-state index is 0.0569. The van der Waals surface area contributed by atoms with Gasteiger partial charge in [-0.2, -0.15) is 0 Å². The van der Waals surface area contributed by atoms with Crippen LogP contribution in [-0.4, -0.2) is 22.7 Å². The summed E-state index contributed by atoms with van der Waals surface area (Å²) in [5.74, 6) is 3.95. The SMILES string of the molecule is CCC(=O)C1CCC2C3CCC4C(CCC5(O)C(F)C45)C3CCC12C. The molecule has 2 nitrogen and oxygen atoms in total. The summed E-state index contributed by atoms with van der Waals surface area (Å²) in [6, 6.07) is 0. The highest BCUT2D eigenvalue weighted by atomic mass is 19.1. The van der Waals surface area contributed by atoms with E-state index >= 15 is 0 Å². The average molecular weight is 349 g/mol. The summed E-state index contributed by atoms with van der Waals surface area (Å²) in [5.41, 5.74) is -0.734. The Balaban J connectivity index is 1.39. The normalized spacial score (nSPS) is 59.4. The third-order valence-electron chi connectivity index (χ3n) is 9.76. The van der Waals surface area contributed by atoms with Gasteiger partial charge in [0.05, 0.1) is 0 Å². The lowest BCUT2D eigenvalue weighted by Gasteiger charge is -2.55. The van der Waals surface area contributed by atoms with Crippen LogP contribution < -0.4 is 0 Å². The second-order valence-electron chi connectivity index (χ2n) is 10.3. The van der Waals surface area contributed by atoms with Crippen LogP contribution in [-0.2, 0) is 4.79 Å². The minimum atomic E-state index is -0.955. The molecular weight excluding hydrogens is 315 g/mol. The molecule has 0 radical (unpaired) electrons. The van der Waals surface area contributed by atoms with Crippen LogP contribution in [0.5, 0.6) is 0 Å². The molecule has 140 valence electrons. The number of Topliss-reactive ketones (excluding diaryl/α,β-unsaturated/α-hetero) is 1. The fraction of sp³-hybridized carbons (Fsp3) is 0.955. The molecule has 0 aromatic heterocycles. The maximum Gasteiger partial charge on any atom is 0.136 e. The molecule has 5 saturated carbocycles. The third-order valence-corrected chi connectivity index (χ3v) is 9.76. The van der Waals surface area contributed by atoms with Crippen LogP contribution >= 0.6 is 0 Å². The molecule has 0 aliphatic heterocycles. The van der Waals surface area contributed by atoms with Crippen molar-refractivity contribution in [1.29, 1.82) is 0 Å². The number of fused-ring (bicyclic) bond motifs is 7. The first-order valence-electron chi connectivity index (χ1n) is 10.8. The van der Waals surface area contributed by atoms with E-state index in [-0.39, 0.29) is 17.3 Å². The van der Waals surface area contributed by atoms with Crippen LogP contribution in [0.2, 0.25) is 0 Å². The number of rotatable bonds is 2. The van der Waals surface area contributed by atoms with E-state index in [1.165, 1.54) is 25.7 Å². The van der Waals surface area contributed by atoms with Crippen LogP contribution in [0.1, 0.15) is 71.6 Å². The molecule has 0 amide bonds. The zero-order valence-electron chi connectivity index (χ0n) is 15.7. The first kappa shape index (κ1) is 16.7. The van der Waals surface area contributed by atoms with Crippen LogP contribution in [0.4, 0.5) is 4.39 Å². The maximum atomic E-state index is 14.2. The standard InChI is InChI=1S/C22H33FO2/c1-3-18(24)17-7-6-16-14-4-5-15-13(12(14)8-10-21(16,17)2)9-11-22(25)19(15)20(22)23/h12-17,19-20,25H,3-11H2,1-2H3. The van der Waals surface area contributed by atoms with Gasteiger partial charge in [-0.25, -0.2) is 4.39 Å². The number of aliphatic hydroxyl groups is 1. The Kier molecular flexibility index (Phi) is 3.54. The molecular formula is C22H33FO2. The van der Waals surface area contributed by atoms with Crippen molar-refractivity contribution in [2.24, 2.45) is 46.8 Å². The topological polar surface area (TPSA) is 37.3 Å². The lowest BCUT2D eigenvalue weighted by Crippen LogP contribution is -2.50. The van der Waals surface area contributed by atoms with Gasteiger partial charge in [0.25, 0.3) is 0 Å². The van der Waals surface area contributed by atoms with Gasteiger partial charge in [0.2, 0.25) is 0 Å². The Labute approximate surface area is 150 Å². The van der Waals surface area contributed by atoms with Gasteiger partial charge in [-0.3, -0.25) is 4.79 Å². The molecule has 25 heavy (non-hydrogen) atoms. The lowest BCUT2D eigenvalue weighted by molar-refractivity contribution is -0.130. The highest BCUT2D eigenvalue weighted by molar-refractivity contribution is 5.81. The van der Waals surface area contributed by atoms with Crippen LogP contribution in [0.15, 0.2) is 0 Å². The van der Waals surface area contributed by atoms with Crippen molar-refractivity contribution >= 4 is 5.78 Å². The molecule has 5 fully saturated rings. The highest BCUT2D eigenvalue weighted by Gasteiger charge is 2.72. The molecule has 0 spiro atoms. The minimum Gasteiger partial charge on any atom is -0.386 e. The summed E-state index contributed by atoms with van der Waals surface area (Å²) in [4.78, 5) is 12.5. The average Bonchev–Trinajstić information content (AvgIpc) is 2.98. The summed E-state index contributed by atoms with van der Waals surface area (Å²) in [5, 5.41) is 10.5. The van der Waals surface area contributed by atoms with Crippen molar-refractivity contribution in [1.82, 2.24) is 0 Å². The van der Waals surface area contributed by atoms with E-state index < -0.39 is 11.8 Å². The smallest absolute Gasteiger partial charge is 0.136 e. The number of hydrogen-bond donors (Lipinski definition) is 1. The largest absolute Gasteiger partial charge is 0.386 e. The van der Waals surface area contributed by atoms with E-state index in [1.807, 2.05) is 6.92 Å². The molecule has 0 bridgehead atoms. The Morgan fingerprint density at radius 3 is 2.44 bits per heavy atom. The van der Waals surface area contributed by atoms with Gasteiger partial charge in [0, 0.05) is 18.3 Å². The van der Waals surface area contributed by atoms with Gasteiger partial charge in [0.1, 0.15) is 17.6 Å². The van der Waals surface area contributed by atoms with E-state index in [4.69, 9.17) is 0 Å². The van der Waals surface area contributed by atoms with E-state index in [9.17, 15) is 14.3 Å². The number of hydrogen-bond acceptors (Lipinski definition) is 2. The zero-order valence-corrected chi connectivity index (χ0v) is 15.7. The van der Waals surface area contributed by atoms with Crippen molar-refractivity contribution in [3.8, 4) is 0 Å². The van der Waals surface area contributed by atoms with Crippen LogP contribution in [0, 0.1) is 46.8 Å². The molecule has 5 rings (SSSR count). The number of halogens is 1. The predicted molar refractivity (Wildman–Crippen MR) is 94.6 cm³/mol. The first-order valence-corrected chi connectivity index (χ1v) is 10.8. The summed E-state index contributed by atoms with van der Waals surface area (Å²) in [7, 11) is 0. The Hall–Kier alpha value is -0.440. The van der Waals surface area contributed by atoms with E-state index in [0.29, 0.717) is 36.4 Å². The summed E-state index contributed by atoms with van der Waals surface area (Å²) < 4.78 is 14.2. The Morgan fingerprint density at radius 2 is 1.68 bits per heavy atom. The molecule has 0 saturated heterocycles. The van der Waals surface area contributed by atoms with Gasteiger partial charge < -0.3 is 5.11 Å². The molecule has 10 unspecified atom stereocenters. The fourth-order valence-corrected chi connectivity index (χ4v) is 8.53. The molecule has 0 aromatic carbocycles. The van der Waals surface area contributed by atoms with Crippen LogP contribution in [0.3, 0.4) is 0 Å². The summed E-state index contributed by atoms with van der Waals surface area (Å²) in [6.45, 7) is 4.42. The summed E-state index contributed by atoms with van der Waals surface area (Å²) in [6.07, 6.45) is 8.50. The number of alkyl halides is 1. The molecule has 5 aliphatic rings. The second-order valence-corrected chi connectivity index (χ2v) is 10.3. The van der Waals surface area contributed by atoms with Crippen molar-refractivity contribution in [2.45, 2.75) is 83.4 Å². The van der Waals surface area contributed by atoms with Gasteiger partial charge in [-0.15, -0.1) is 0 Å². The maximum absolute atomic E-state index is 14.2. The molecule has 1 N–H and O–H groups in total. The van der Waals surface area contributed by atoms with Gasteiger partial charge in [0.15, 0.2) is 0 Å². The number of carbonyl (C=O) groups excluding carboxylic acids is 1.